The number of esters is 1. The highest BCUT2D eigenvalue weighted by Gasteiger charge is 2.44. The summed E-state index contributed by atoms with van der Waals surface area (Å²) in [5.74, 6) is -1.87. The Morgan fingerprint density at radius 2 is 1.82 bits per heavy atom. The largest absolute Gasteiger partial charge is 0.619 e. The van der Waals surface area contributed by atoms with Gasteiger partial charge in [0.05, 0.1) is 4.90 Å². The van der Waals surface area contributed by atoms with E-state index in [0.717, 1.165) is 16.7 Å². The SMILES string of the molecule is CN(C)C(=O)c1cccc(S(=O)(=O)N2CCC[C@H]2C(=O)OC(Cc2c(Cl)c[n+]([O-])cc2Cl)c2ccc3c(c2)OC(F)(F)O3)c1. The molecule has 5 rings (SSSR count). The van der Waals surface area contributed by atoms with E-state index in [0.29, 0.717) is 11.2 Å². The van der Waals surface area contributed by atoms with Gasteiger partial charge in [0.15, 0.2) is 23.9 Å². The van der Waals surface area contributed by atoms with Gasteiger partial charge in [-0.05, 0) is 48.7 Å². The maximum Gasteiger partial charge on any atom is 0.586 e. The molecule has 0 bridgehead atoms. The number of fused-ring (bicyclic) bond motifs is 1. The number of alkyl halides is 2. The molecular formula is C28H25Cl2F2N3O8S. The van der Waals surface area contributed by atoms with Crippen LogP contribution >= 0.6 is 23.2 Å². The highest BCUT2D eigenvalue weighted by atomic mass is 35.5. The molecule has 0 N–H and O–H groups in total. The van der Waals surface area contributed by atoms with Gasteiger partial charge in [0.2, 0.25) is 10.0 Å². The molecule has 0 saturated carbocycles. The van der Waals surface area contributed by atoms with Crippen molar-refractivity contribution in [3.63, 3.8) is 0 Å². The van der Waals surface area contributed by atoms with Crippen molar-refractivity contribution in [2.45, 2.75) is 42.6 Å². The molecule has 2 aliphatic rings. The summed E-state index contributed by atoms with van der Waals surface area (Å²) in [6.07, 6.45) is -2.75. The molecule has 2 aromatic carbocycles. The monoisotopic (exact) mass is 671 g/mol. The number of rotatable bonds is 8. The molecule has 1 unspecified atom stereocenters. The first-order chi connectivity index (χ1) is 20.7. The number of halogens is 4. The molecule has 1 amide bonds. The molecule has 11 nitrogen and oxygen atoms in total. The molecule has 0 spiro atoms. The van der Waals surface area contributed by atoms with Gasteiger partial charge in [-0.15, -0.1) is 8.78 Å². The van der Waals surface area contributed by atoms with Crippen molar-refractivity contribution in [2.24, 2.45) is 0 Å². The Kier molecular flexibility index (Phi) is 8.64. The van der Waals surface area contributed by atoms with Crippen LogP contribution in [-0.4, -0.2) is 62.5 Å². The molecule has 16 heteroatoms. The number of aromatic nitrogens is 1. The fourth-order valence-electron chi connectivity index (χ4n) is 4.97. The number of pyridine rings is 1. The van der Waals surface area contributed by atoms with E-state index in [1.807, 2.05) is 0 Å². The zero-order chi connectivity index (χ0) is 32.0. The van der Waals surface area contributed by atoms with Crippen LogP contribution in [0.2, 0.25) is 10.0 Å². The Balaban J connectivity index is 1.45. The molecule has 2 atom stereocenters. The highest BCUT2D eigenvalue weighted by molar-refractivity contribution is 7.89. The summed E-state index contributed by atoms with van der Waals surface area (Å²) in [6, 6.07) is 8.03. The standard InChI is InChI=1S/C28H25Cl2F2N3O8S/c1-33(2)26(36)17-5-3-6-18(11-17)44(39,40)35-10-4-7-22(35)27(37)41-24(13-19-20(29)14-34(38)15-21(19)30)16-8-9-23-25(12-16)43-28(31,32)42-23/h3,5-6,8-9,11-12,14-15,22,24H,4,7,10,13H2,1-2H3/t22-,24?/m0/s1. The minimum absolute atomic E-state index is 0.0115. The third-order valence-electron chi connectivity index (χ3n) is 7.07. The number of hydrogen-bond acceptors (Lipinski definition) is 8. The lowest BCUT2D eigenvalue weighted by molar-refractivity contribution is -0.605. The zero-order valence-electron chi connectivity index (χ0n) is 23.2. The predicted molar refractivity (Wildman–Crippen MR) is 152 cm³/mol. The molecular weight excluding hydrogens is 647 g/mol. The highest BCUT2D eigenvalue weighted by Crippen LogP contribution is 2.43. The van der Waals surface area contributed by atoms with Crippen LogP contribution in [0.3, 0.4) is 0 Å². The van der Waals surface area contributed by atoms with Gasteiger partial charge < -0.3 is 24.3 Å². The summed E-state index contributed by atoms with van der Waals surface area (Å²) in [4.78, 5) is 27.2. The summed E-state index contributed by atoms with van der Waals surface area (Å²) < 4.78 is 71.0. The number of hydrogen-bond donors (Lipinski definition) is 0. The van der Waals surface area contributed by atoms with Gasteiger partial charge in [-0.3, -0.25) is 9.59 Å². The molecule has 1 saturated heterocycles. The number of sulfonamides is 1. The summed E-state index contributed by atoms with van der Waals surface area (Å²) in [6.45, 7) is 0.0115. The van der Waals surface area contributed by atoms with Crippen molar-refractivity contribution in [2.75, 3.05) is 20.6 Å². The minimum Gasteiger partial charge on any atom is -0.619 e. The lowest BCUT2D eigenvalue weighted by atomic mass is 10.0. The number of benzene rings is 2. The van der Waals surface area contributed by atoms with E-state index < -0.39 is 40.3 Å². The Morgan fingerprint density at radius 1 is 1.14 bits per heavy atom. The lowest BCUT2D eigenvalue weighted by Crippen LogP contribution is -2.42. The first-order valence-corrected chi connectivity index (χ1v) is 15.4. The molecule has 2 aliphatic heterocycles. The summed E-state index contributed by atoms with van der Waals surface area (Å²) in [5.41, 5.74) is 0.560. The van der Waals surface area contributed by atoms with Gasteiger partial charge in [0.1, 0.15) is 22.2 Å². The predicted octanol–water partition coefficient (Wildman–Crippen LogP) is 4.33. The van der Waals surface area contributed by atoms with Crippen LogP contribution in [0.15, 0.2) is 59.8 Å². The third-order valence-corrected chi connectivity index (χ3v) is 9.63. The van der Waals surface area contributed by atoms with Crippen LogP contribution in [0.4, 0.5) is 8.78 Å². The van der Waals surface area contributed by atoms with Gasteiger partial charge >= 0.3 is 12.3 Å². The second kappa shape index (κ2) is 12.0. The molecule has 1 fully saturated rings. The molecule has 3 aromatic rings. The van der Waals surface area contributed by atoms with E-state index >= 15 is 0 Å². The number of nitrogens with zero attached hydrogens (tertiary/aromatic N) is 3. The smallest absolute Gasteiger partial charge is 0.586 e. The number of carbonyl (C=O) groups is 2. The van der Waals surface area contributed by atoms with E-state index in [-0.39, 0.29) is 62.5 Å². The van der Waals surface area contributed by atoms with Crippen LogP contribution in [0.25, 0.3) is 0 Å². The second-order valence-corrected chi connectivity index (χ2v) is 13.0. The fraction of sp³-hybridized carbons (Fsp3) is 0.321. The van der Waals surface area contributed by atoms with Gasteiger partial charge in [-0.25, -0.2) is 8.42 Å². The maximum absolute atomic E-state index is 13.7. The third kappa shape index (κ3) is 6.39. The normalized spacial score (nSPS) is 18.2. The summed E-state index contributed by atoms with van der Waals surface area (Å²) in [7, 11) is -1.18. The van der Waals surface area contributed by atoms with Crippen molar-refractivity contribution in [3.05, 3.63) is 86.8 Å². The van der Waals surface area contributed by atoms with Crippen LogP contribution in [0.5, 0.6) is 11.5 Å². The Morgan fingerprint density at radius 3 is 2.50 bits per heavy atom. The maximum atomic E-state index is 13.7. The van der Waals surface area contributed by atoms with E-state index in [4.69, 9.17) is 27.9 Å². The molecule has 3 heterocycles. The first kappa shape index (κ1) is 31.7. The minimum atomic E-state index is -4.25. The van der Waals surface area contributed by atoms with Crippen LogP contribution < -0.4 is 14.2 Å². The van der Waals surface area contributed by atoms with E-state index in [9.17, 15) is 32.0 Å². The van der Waals surface area contributed by atoms with Crippen molar-refractivity contribution in [1.29, 1.82) is 0 Å². The van der Waals surface area contributed by atoms with Gasteiger partial charge in [0, 0.05) is 38.2 Å². The Bertz CT molecular complexity index is 1720. The van der Waals surface area contributed by atoms with E-state index in [1.54, 1.807) is 0 Å². The van der Waals surface area contributed by atoms with Crippen LogP contribution in [-0.2, 0) is 26.0 Å². The Hall–Kier alpha value is -3.72. The van der Waals surface area contributed by atoms with Gasteiger partial charge in [0.25, 0.3) is 5.91 Å². The quantitative estimate of drug-likeness (QED) is 0.197. The molecule has 234 valence electrons. The molecule has 0 radical (unpaired) electrons. The van der Waals surface area contributed by atoms with Crippen molar-refractivity contribution in [3.8, 4) is 11.5 Å². The van der Waals surface area contributed by atoms with Gasteiger partial charge in [-0.2, -0.15) is 9.04 Å². The Labute approximate surface area is 261 Å². The summed E-state index contributed by atoms with van der Waals surface area (Å²) >= 11 is 12.5. The average molecular weight is 672 g/mol. The van der Waals surface area contributed by atoms with Crippen molar-refractivity contribution in [1.82, 2.24) is 9.21 Å². The molecule has 1 aromatic heterocycles. The zero-order valence-corrected chi connectivity index (χ0v) is 25.5. The molecule has 44 heavy (non-hydrogen) atoms. The second-order valence-electron chi connectivity index (χ2n) is 10.3. The van der Waals surface area contributed by atoms with Crippen molar-refractivity contribution < 1.29 is 45.7 Å². The topological polar surface area (TPSA) is 129 Å². The first-order valence-electron chi connectivity index (χ1n) is 13.2. The lowest BCUT2D eigenvalue weighted by Gasteiger charge is -2.26. The number of ether oxygens (including phenoxy) is 3. The number of carbonyl (C=O) groups excluding carboxylic acids is 2. The van der Waals surface area contributed by atoms with Crippen LogP contribution in [0, 0.1) is 5.21 Å². The number of amides is 1. The summed E-state index contributed by atoms with van der Waals surface area (Å²) in [5, 5.41) is 11.7. The van der Waals surface area contributed by atoms with Crippen molar-refractivity contribution >= 4 is 45.1 Å². The van der Waals surface area contributed by atoms with E-state index in [2.05, 4.69) is 9.47 Å². The van der Waals surface area contributed by atoms with Crippen LogP contribution in [0.1, 0.15) is 40.4 Å². The molecule has 0 aliphatic carbocycles. The fourth-order valence-corrected chi connectivity index (χ4v) is 7.26. The van der Waals surface area contributed by atoms with E-state index in [1.165, 1.54) is 61.5 Å². The van der Waals surface area contributed by atoms with Gasteiger partial charge in [-0.1, -0.05) is 35.3 Å². The average Bonchev–Trinajstić information content (AvgIpc) is 3.57.